The van der Waals surface area contributed by atoms with E-state index >= 15 is 0 Å². The van der Waals surface area contributed by atoms with Crippen LogP contribution in [-0.4, -0.2) is 24.3 Å². The number of benzene rings is 2. The highest BCUT2D eigenvalue weighted by Crippen LogP contribution is 2.27. The Morgan fingerprint density at radius 1 is 1.08 bits per heavy atom. The molecule has 0 aliphatic rings. The maximum Gasteiger partial charge on any atom is 0.267 e. The van der Waals surface area contributed by atoms with E-state index in [9.17, 15) is 4.79 Å². The number of nitrogens with zero attached hydrogens (tertiary/aromatic N) is 1. The van der Waals surface area contributed by atoms with Gasteiger partial charge in [-0.05, 0) is 19.1 Å². The van der Waals surface area contributed by atoms with Crippen molar-refractivity contribution in [2.24, 2.45) is 0 Å². The van der Waals surface area contributed by atoms with Gasteiger partial charge in [0.25, 0.3) is 5.91 Å². The van der Waals surface area contributed by atoms with E-state index in [4.69, 9.17) is 14.0 Å². The minimum atomic E-state index is -0.735. The van der Waals surface area contributed by atoms with E-state index in [0.29, 0.717) is 17.2 Å². The predicted molar refractivity (Wildman–Crippen MR) is 93.7 cm³/mol. The molecule has 0 bridgehead atoms. The first-order chi connectivity index (χ1) is 12.2. The third-order valence-corrected chi connectivity index (χ3v) is 3.57. The minimum absolute atomic E-state index is 0.263. The lowest BCUT2D eigenvalue weighted by Crippen LogP contribution is -2.30. The topological polar surface area (TPSA) is 73.6 Å². The average Bonchev–Trinajstić information content (AvgIpc) is 3.11. The molecule has 2 aromatic carbocycles. The number of rotatable bonds is 6. The van der Waals surface area contributed by atoms with Crippen molar-refractivity contribution < 1.29 is 18.8 Å². The Bertz CT molecular complexity index is 845. The molecular weight excluding hydrogens is 320 g/mol. The number of anilines is 1. The summed E-state index contributed by atoms with van der Waals surface area (Å²) in [5.74, 6) is 0.976. The maximum absolute atomic E-state index is 12.3. The first kappa shape index (κ1) is 16.6. The number of hydrogen-bond donors (Lipinski definition) is 1. The number of amides is 1. The lowest BCUT2D eigenvalue weighted by Gasteiger charge is -2.15. The summed E-state index contributed by atoms with van der Waals surface area (Å²) in [5, 5.41) is 6.62. The molecule has 128 valence electrons. The van der Waals surface area contributed by atoms with Crippen LogP contribution in [0, 0.1) is 0 Å². The standard InChI is InChI=1S/C19H18N2O4/c1-13(24-17-11-7-6-10-16(17)23-2)19(22)20-18-12-15(21-25-18)14-8-4-3-5-9-14/h3-13H,1-2H3,(H,20,22). The van der Waals surface area contributed by atoms with Gasteiger partial charge in [-0.2, -0.15) is 0 Å². The van der Waals surface area contributed by atoms with Crippen LogP contribution < -0.4 is 14.8 Å². The minimum Gasteiger partial charge on any atom is -0.493 e. The quantitative estimate of drug-likeness (QED) is 0.741. The summed E-state index contributed by atoms with van der Waals surface area (Å²) in [6, 6.07) is 18.4. The molecule has 3 aromatic rings. The Morgan fingerprint density at radius 3 is 2.48 bits per heavy atom. The smallest absolute Gasteiger partial charge is 0.267 e. The summed E-state index contributed by atoms with van der Waals surface area (Å²) in [6.07, 6.45) is -0.735. The van der Waals surface area contributed by atoms with E-state index < -0.39 is 6.10 Å². The molecule has 3 rings (SSSR count). The molecule has 1 N–H and O–H groups in total. The molecule has 0 saturated heterocycles. The molecule has 1 heterocycles. The monoisotopic (exact) mass is 338 g/mol. The number of ether oxygens (including phenoxy) is 2. The molecule has 1 atom stereocenters. The Hall–Kier alpha value is -3.28. The summed E-state index contributed by atoms with van der Waals surface area (Å²) in [7, 11) is 1.55. The average molecular weight is 338 g/mol. The van der Waals surface area contributed by atoms with Crippen LogP contribution in [0.25, 0.3) is 11.3 Å². The van der Waals surface area contributed by atoms with Gasteiger partial charge in [0.1, 0.15) is 5.69 Å². The van der Waals surface area contributed by atoms with Crippen LogP contribution >= 0.6 is 0 Å². The van der Waals surface area contributed by atoms with E-state index in [1.165, 1.54) is 0 Å². The van der Waals surface area contributed by atoms with Gasteiger partial charge in [-0.15, -0.1) is 0 Å². The number of aromatic nitrogens is 1. The molecule has 1 unspecified atom stereocenters. The Labute approximate surface area is 145 Å². The van der Waals surface area contributed by atoms with Crippen LogP contribution in [0.15, 0.2) is 65.2 Å². The summed E-state index contributed by atoms with van der Waals surface area (Å²) in [5.41, 5.74) is 1.55. The molecule has 0 spiro atoms. The van der Waals surface area contributed by atoms with Gasteiger partial charge < -0.3 is 14.0 Å². The highest BCUT2D eigenvalue weighted by Gasteiger charge is 2.18. The van der Waals surface area contributed by atoms with E-state index in [0.717, 1.165) is 5.56 Å². The highest BCUT2D eigenvalue weighted by atomic mass is 16.5. The molecule has 25 heavy (non-hydrogen) atoms. The van der Waals surface area contributed by atoms with Gasteiger partial charge in [0, 0.05) is 11.6 Å². The highest BCUT2D eigenvalue weighted by molar-refractivity contribution is 5.93. The van der Waals surface area contributed by atoms with E-state index in [2.05, 4.69) is 10.5 Å². The van der Waals surface area contributed by atoms with Gasteiger partial charge in [0.05, 0.1) is 7.11 Å². The second-order valence-corrected chi connectivity index (χ2v) is 5.34. The largest absolute Gasteiger partial charge is 0.493 e. The normalized spacial score (nSPS) is 11.6. The van der Waals surface area contributed by atoms with Crippen LogP contribution in [0.2, 0.25) is 0 Å². The fourth-order valence-electron chi connectivity index (χ4n) is 2.26. The van der Waals surface area contributed by atoms with Crippen LogP contribution in [0.5, 0.6) is 11.5 Å². The number of nitrogens with one attached hydrogen (secondary N) is 1. The van der Waals surface area contributed by atoms with E-state index in [1.54, 1.807) is 32.2 Å². The second kappa shape index (κ2) is 7.53. The number of methoxy groups -OCH3 is 1. The third kappa shape index (κ3) is 3.98. The SMILES string of the molecule is COc1ccccc1OC(C)C(=O)Nc1cc(-c2ccccc2)no1. The molecule has 6 heteroatoms. The Kier molecular flexibility index (Phi) is 4.99. The fourth-order valence-corrected chi connectivity index (χ4v) is 2.26. The Balaban J connectivity index is 1.65. The van der Waals surface area contributed by atoms with Gasteiger partial charge in [-0.3, -0.25) is 10.1 Å². The summed E-state index contributed by atoms with van der Waals surface area (Å²) >= 11 is 0. The summed E-state index contributed by atoms with van der Waals surface area (Å²) < 4.78 is 16.0. The molecular formula is C19H18N2O4. The zero-order valence-electron chi connectivity index (χ0n) is 13.9. The first-order valence-corrected chi connectivity index (χ1v) is 7.80. The fraction of sp³-hybridized carbons (Fsp3) is 0.158. The third-order valence-electron chi connectivity index (χ3n) is 3.57. The molecule has 6 nitrogen and oxygen atoms in total. The number of para-hydroxylation sites is 2. The zero-order valence-corrected chi connectivity index (χ0v) is 13.9. The number of hydrogen-bond acceptors (Lipinski definition) is 5. The van der Waals surface area contributed by atoms with Gasteiger partial charge in [0.2, 0.25) is 5.88 Å². The lowest BCUT2D eigenvalue weighted by molar-refractivity contribution is -0.122. The van der Waals surface area contributed by atoms with Crippen LogP contribution in [-0.2, 0) is 4.79 Å². The second-order valence-electron chi connectivity index (χ2n) is 5.34. The molecule has 0 aliphatic carbocycles. The molecule has 0 fully saturated rings. The van der Waals surface area contributed by atoms with Crippen LogP contribution in [0.4, 0.5) is 5.88 Å². The first-order valence-electron chi connectivity index (χ1n) is 7.80. The zero-order chi connectivity index (χ0) is 17.6. The Morgan fingerprint density at radius 2 is 1.76 bits per heavy atom. The van der Waals surface area contributed by atoms with Crippen LogP contribution in [0.1, 0.15) is 6.92 Å². The molecule has 1 aromatic heterocycles. The summed E-state index contributed by atoms with van der Waals surface area (Å²) in [6.45, 7) is 1.65. The van der Waals surface area contributed by atoms with Crippen molar-refractivity contribution in [2.75, 3.05) is 12.4 Å². The number of carbonyl (C=O) groups is 1. The van der Waals surface area contributed by atoms with Crippen molar-refractivity contribution in [3.8, 4) is 22.8 Å². The van der Waals surface area contributed by atoms with Gasteiger partial charge in [0.15, 0.2) is 17.6 Å². The van der Waals surface area contributed by atoms with Crippen LogP contribution in [0.3, 0.4) is 0 Å². The predicted octanol–water partition coefficient (Wildman–Crippen LogP) is 3.76. The number of carbonyl (C=O) groups excluding carboxylic acids is 1. The van der Waals surface area contributed by atoms with E-state index in [1.807, 2.05) is 42.5 Å². The lowest BCUT2D eigenvalue weighted by atomic mass is 10.1. The van der Waals surface area contributed by atoms with Crippen molar-refractivity contribution in [1.29, 1.82) is 0 Å². The molecule has 0 aliphatic heterocycles. The van der Waals surface area contributed by atoms with E-state index in [-0.39, 0.29) is 11.8 Å². The van der Waals surface area contributed by atoms with Crippen molar-refractivity contribution in [3.05, 3.63) is 60.7 Å². The molecule has 0 radical (unpaired) electrons. The molecule has 0 saturated carbocycles. The molecule has 1 amide bonds. The van der Waals surface area contributed by atoms with Gasteiger partial charge in [-0.25, -0.2) is 0 Å². The summed E-state index contributed by atoms with van der Waals surface area (Å²) in [4.78, 5) is 12.3. The van der Waals surface area contributed by atoms with Gasteiger partial charge >= 0.3 is 0 Å². The van der Waals surface area contributed by atoms with Crippen molar-refractivity contribution in [3.63, 3.8) is 0 Å². The van der Waals surface area contributed by atoms with Crippen molar-refractivity contribution in [2.45, 2.75) is 13.0 Å². The van der Waals surface area contributed by atoms with Crippen molar-refractivity contribution >= 4 is 11.8 Å². The van der Waals surface area contributed by atoms with Crippen molar-refractivity contribution in [1.82, 2.24) is 5.16 Å². The maximum atomic E-state index is 12.3. The van der Waals surface area contributed by atoms with Gasteiger partial charge in [-0.1, -0.05) is 47.6 Å².